The molecule has 2 N–H and O–H groups in total. The summed E-state index contributed by atoms with van der Waals surface area (Å²) >= 11 is 7.26. The first-order chi connectivity index (χ1) is 15.0. The van der Waals surface area contributed by atoms with Gasteiger partial charge in [-0.2, -0.15) is 0 Å². The second-order valence-corrected chi connectivity index (χ2v) is 7.81. The van der Waals surface area contributed by atoms with E-state index in [1.807, 2.05) is 6.92 Å². The van der Waals surface area contributed by atoms with Gasteiger partial charge in [0.25, 0.3) is 0 Å². The highest BCUT2D eigenvalue weighted by Crippen LogP contribution is 2.18. The lowest BCUT2D eigenvalue weighted by Gasteiger charge is -2.08. The molecule has 0 radical (unpaired) electrons. The van der Waals surface area contributed by atoms with E-state index in [9.17, 15) is 9.59 Å². The van der Waals surface area contributed by atoms with E-state index in [0.717, 1.165) is 10.8 Å². The van der Waals surface area contributed by atoms with Crippen LogP contribution in [0, 0.1) is 0 Å². The molecule has 0 saturated heterocycles. The maximum absolute atomic E-state index is 12.1. The fraction of sp³-hybridized carbons (Fsp3) is 0.227. The van der Waals surface area contributed by atoms with Gasteiger partial charge in [-0.05, 0) is 55.5 Å². The molecule has 1 aromatic heterocycles. The maximum Gasteiger partial charge on any atom is 0.243 e. The fourth-order valence-corrected chi connectivity index (χ4v) is 3.42. The van der Waals surface area contributed by atoms with Crippen LogP contribution >= 0.6 is 22.9 Å². The van der Waals surface area contributed by atoms with Gasteiger partial charge in [0.1, 0.15) is 23.1 Å². The Bertz CT molecular complexity index is 1010. The van der Waals surface area contributed by atoms with Crippen molar-refractivity contribution in [1.29, 1.82) is 0 Å². The monoisotopic (exact) mass is 459 g/mol. The second-order valence-electron chi connectivity index (χ2n) is 6.43. The third-order valence-corrected chi connectivity index (χ3v) is 5.14. The number of amides is 2. The number of nitrogens with zero attached hydrogens (tertiary/aromatic N) is 1. The number of benzene rings is 2. The molecule has 3 rings (SSSR count). The van der Waals surface area contributed by atoms with Gasteiger partial charge >= 0.3 is 0 Å². The van der Waals surface area contributed by atoms with Crippen LogP contribution in [-0.2, 0) is 22.6 Å². The van der Waals surface area contributed by atoms with Crippen molar-refractivity contribution in [3.63, 3.8) is 0 Å². The summed E-state index contributed by atoms with van der Waals surface area (Å²) in [6, 6.07) is 14.1. The molecule has 3 aromatic rings. The second kappa shape index (κ2) is 11.3. The summed E-state index contributed by atoms with van der Waals surface area (Å²) in [6.07, 6.45) is 0.0911. The van der Waals surface area contributed by atoms with Gasteiger partial charge in [-0.15, -0.1) is 11.3 Å². The number of hydrogen-bond donors (Lipinski definition) is 2. The lowest BCUT2D eigenvalue weighted by Crippen LogP contribution is -2.33. The highest BCUT2D eigenvalue weighted by Gasteiger charge is 2.10. The van der Waals surface area contributed by atoms with Crippen LogP contribution in [0.3, 0.4) is 0 Å². The molecule has 0 spiro atoms. The third kappa shape index (κ3) is 7.58. The van der Waals surface area contributed by atoms with E-state index in [1.165, 1.54) is 11.3 Å². The van der Waals surface area contributed by atoms with Crippen LogP contribution in [0.4, 0.5) is 5.69 Å². The van der Waals surface area contributed by atoms with Crippen molar-refractivity contribution >= 4 is 40.4 Å². The van der Waals surface area contributed by atoms with Crippen LogP contribution in [0.5, 0.6) is 11.5 Å². The minimum atomic E-state index is -0.312. The van der Waals surface area contributed by atoms with E-state index >= 15 is 0 Å². The zero-order chi connectivity index (χ0) is 22.1. The zero-order valence-electron chi connectivity index (χ0n) is 16.9. The van der Waals surface area contributed by atoms with Gasteiger partial charge in [-0.1, -0.05) is 11.6 Å². The lowest BCUT2D eigenvalue weighted by atomic mass is 10.3. The third-order valence-electron chi connectivity index (χ3n) is 4.01. The van der Waals surface area contributed by atoms with Gasteiger partial charge < -0.3 is 20.1 Å². The summed E-state index contributed by atoms with van der Waals surface area (Å²) in [5, 5.41) is 8.53. The molecule has 0 atom stereocenters. The van der Waals surface area contributed by atoms with E-state index in [4.69, 9.17) is 21.1 Å². The molecule has 0 aliphatic carbocycles. The van der Waals surface area contributed by atoms with Crippen molar-refractivity contribution in [3.8, 4) is 11.5 Å². The summed E-state index contributed by atoms with van der Waals surface area (Å²) in [5.74, 6) is 0.831. The first kappa shape index (κ1) is 22.6. The Hall–Kier alpha value is -3.10. The molecule has 1 heterocycles. The van der Waals surface area contributed by atoms with Crippen molar-refractivity contribution in [1.82, 2.24) is 10.3 Å². The van der Waals surface area contributed by atoms with Gasteiger partial charge in [0.05, 0.1) is 25.3 Å². The van der Waals surface area contributed by atoms with E-state index in [1.54, 1.807) is 53.9 Å². The Balaban J connectivity index is 1.39. The van der Waals surface area contributed by atoms with Crippen molar-refractivity contribution in [3.05, 3.63) is 69.6 Å². The number of aromatic nitrogens is 1. The molecule has 0 aliphatic heterocycles. The number of halogens is 1. The number of thiazole rings is 1. The quantitative estimate of drug-likeness (QED) is 0.477. The van der Waals surface area contributed by atoms with Gasteiger partial charge in [0.2, 0.25) is 11.8 Å². The van der Waals surface area contributed by atoms with Crippen molar-refractivity contribution in [2.24, 2.45) is 0 Å². The summed E-state index contributed by atoms with van der Waals surface area (Å²) < 4.78 is 11.0. The minimum absolute atomic E-state index is 0.0911. The molecular weight excluding hydrogens is 438 g/mol. The normalized spacial score (nSPS) is 10.4. The van der Waals surface area contributed by atoms with Crippen LogP contribution in [0.1, 0.15) is 17.6 Å². The van der Waals surface area contributed by atoms with Crippen LogP contribution in [0.2, 0.25) is 5.02 Å². The molecule has 0 saturated carbocycles. The van der Waals surface area contributed by atoms with Crippen LogP contribution in [0.15, 0.2) is 53.9 Å². The van der Waals surface area contributed by atoms with Crippen LogP contribution in [0.25, 0.3) is 0 Å². The van der Waals surface area contributed by atoms with Crippen molar-refractivity contribution < 1.29 is 19.1 Å². The molecule has 31 heavy (non-hydrogen) atoms. The van der Waals surface area contributed by atoms with Gasteiger partial charge in [-0.3, -0.25) is 9.59 Å². The topological polar surface area (TPSA) is 89.6 Å². The Kier molecular flexibility index (Phi) is 8.26. The maximum atomic E-state index is 12.1. The number of nitrogens with one attached hydrogen (secondary N) is 2. The summed E-state index contributed by atoms with van der Waals surface area (Å²) in [6.45, 7) is 2.66. The first-order valence-electron chi connectivity index (χ1n) is 9.63. The Morgan fingerprint density at radius 1 is 1.00 bits per heavy atom. The number of hydrogen-bond acceptors (Lipinski definition) is 6. The largest absolute Gasteiger partial charge is 0.494 e. The molecule has 0 aliphatic rings. The molecule has 162 valence electrons. The molecule has 2 amide bonds. The standard InChI is InChI=1S/C22H22ClN3O4S/c1-2-29-18-9-5-16(6-10-18)25-21(28)12-24-20(27)11-17-14-31-22(26-17)13-30-19-7-3-15(23)4-8-19/h3-10,14H,2,11-13H2,1H3,(H,24,27)(H,25,28). The number of carbonyl (C=O) groups is 2. The number of ether oxygens (including phenoxy) is 2. The average Bonchev–Trinajstić information content (AvgIpc) is 3.21. The molecule has 9 heteroatoms. The average molecular weight is 460 g/mol. The Morgan fingerprint density at radius 3 is 2.39 bits per heavy atom. The van der Waals surface area contributed by atoms with E-state index in [0.29, 0.717) is 35.4 Å². The molecule has 0 fully saturated rings. The van der Waals surface area contributed by atoms with E-state index < -0.39 is 0 Å². The number of anilines is 1. The molecule has 2 aromatic carbocycles. The van der Waals surface area contributed by atoms with Gasteiger partial charge in [0, 0.05) is 16.1 Å². The van der Waals surface area contributed by atoms with Crippen molar-refractivity contribution in [2.75, 3.05) is 18.5 Å². The molecule has 0 bridgehead atoms. The molecule has 7 nitrogen and oxygen atoms in total. The highest BCUT2D eigenvalue weighted by molar-refractivity contribution is 7.09. The summed E-state index contributed by atoms with van der Waals surface area (Å²) in [4.78, 5) is 28.5. The number of carbonyl (C=O) groups excluding carboxylic acids is 2. The van der Waals surface area contributed by atoms with Gasteiger partial charge in [0.15, 0.2) is 0 Å². The number of rotatable bonds is 10. The van der Waals surface area contributed by atoms with Gasteiger partial charge in [-0.25, -0.2) is 4.98 Å². The van der Waals surface area contributed by atoms with E-state index in [-0.39, 0.29) is 24.8 Å². The van der Waals surface area contributed by atoms with E-state index in [2.05, 4.69) is 15.6 Å². The highest BCUT2D eigenvalue weighted by atomic mass is 35.5. The van der Waals surface area contributed by atoms with Crippen LogP contribution < -0.4 is 20.1 Å². The Morgan fingerprint density at radius 2 is 1.68 bits per heavy atom. The first-order valence-corrected chi connectivity index (χ1v) is 10.9. The molecule has 0 unspecified atom stereocenters. The summed E-state index contributed by atoms with van der Waals surface area (Å²) in [5.41, 5.74) is 1.26. The smallest absolute Gasteiger partial charge is 0.243 e. The fourth-order valence-electron chi connectivity index (χ4n) is 2.58. The lowest BCUT2D eigenvalue weighted by molar-refractivity contribution is -0.123. The minimum Gasteiger partial charge on any atom is -0.494 e. The SMILES string of the molecule is CCOc1ccc(NC(=O)CNC(=O)Cc2csc(COc3ccc(Cl)cc3)n2)cc1. The Labute approximate surface area is 189 Å². The molecular formula is C22H22ClN3O4S. The predicted octanol–water partition coefficient (Wildman–Crippen LogP) is 4.07. The van der Waals surface area contributed by atoms with Crippen LogP contribution in [-0.4, -0.2) is 29.9 Å². The summed E-state index contributed by atoms with van der Waals surface area (Å²) in [7, 11) is 0. The predicted molar refractivity (Wildman–Crippen MR) is 121 cm³/mol. The zero-order valence-corrected chi connectivity index (χ0v) is 18.5. The van der Waals surface area contributed by atoms with Crippen molar-refractivity contribution in [2.45, 2.75) is 20.0 Å².